The van der Waals surface area contributed by atoms with Crippen LogP contribution in [0.4, 0.5) is 0 Å². The maximum atomic E-state index is 11.9. The van der Waals surface area contributed by atoms with E-state index in [1.165, 1.54) is 0 Å². The number of rotatable bonds is 4. The molecule has 1 heterocycles. The lowest BCUT2D eigenvalue weighted by atomic mass is 9.95. The largest absolute Gasteiger partial charge is 0.481 e. The van der Waals surface area contributed by atoms with Crippen LogP contribution in [-0.2, 0) is 14.4 Å². The fourth-order valence-corrected chi connectivity index (χ4v) is 2.75. The van der Waals surface area contributed by atoms with Gasteiger partial charge in [0.1, 0.15) is 0 Å². The van der Waals surface area contributed by atoms with E-state index in [0.29, 0.717) is 25.8 Å². The molecule has 3 unspecified atom stereocenters. The molecule has 3 N–H and O–H groups in total. The Balaban J connectivity index is 1.80. The molecule has 1 saturated heterocycles. The van der Waals surface area contributed by atoms with E-state index < -0.39 is 17.8 Å². The summed E-state index contributed by atoms with van der Waals surface area (Å²) in [6.07, 6.45) is 3.23. The molecule has 0 spiro atoms. The highest BCUT2D eigenvalue weighted by Gasteiger charge is 2.37. The fraction of sp³-hybridized carbons (Fsp3) is 0.750. The molecule has 1 saturated carbocycles. The van der Waals surface area contributed by atoms with Crippen molar-refractivity contribution < 1.29 is 19.5 Å². The minimum atomic E-state index is -0.887. The Hall–Kier alpha value is -1.59. The number of amides is 2. The molecule has 0 radical (unpaired) electrons. The van der Waals surface area contributed by atoms with Gasteiger partial charge in [0.25, 0.3) is 0 Å². The van der Waals surface area contributed by atoms with Gasteiger partial charge in [0.15, 0.2) is 0 Å². The first-order chi connectivity index (χ1) is 8.58. The monoisotopic (exact) mass is 254 g/mol. The Bertz CT molecular complexity index is 369. The van der Waals surface area contributed by atoms with Gasteiger partial charge in [-0.3, -0.25) is 14.4 Å². The zero-order chi connectivity index (χ0) is 13.1. The molecule has 6 nitrogen and oxygen atoms in total. The maximum absolute atomic E-state index is 11.9. The van der Waals surface area contributed by atoms with Crippen LogP contribution in [-0.4, -0.2) is 35.5 Å². The van der Waals surface area contributed by atoms with Crippen LogP contribution in [0.25, 0.3) is 0 Å². The highest BCUT2D eigenvalue weighted by Crippen LogP contribution is 2.32. The van der Waals surface area contributed by atoms with Gasteiger partial charge in [-0.05, 0) is 19.3 Å². The van der Waals surface area contributed by atoms with E-state index >= 15 is 0 Å². The van der Waals surface area contributed by atoms with E-state index in [1.807, 2.05) is 0 Å². The Morgan fingerprint density at radius 1 is 1.28 bits per heavy atom. The second-order valence-corrected chi connectivity index (χ2v) is 5.03. The minimum Gasteiger partial charge on any atom is -0.481 e. The summed E-state index contributed by atoms with van der Waals surface area (Å²) >= 11 is 0. The topological polar surface area (TPSA) is 95.5 Å². The molecule has 0 bridgehead atoms. The molecular formula is C12H18N2O4. The van der Waals surface area contributed by atoms with Gasteiger partial charge in [-0.2, -0.15) is 0 Å². The van der Waals surface area contributed by atoms with Crippen LogP contribution in [0.15, 0.2) is 0 Å². The van der Waals surface area contributed by atoms with Crippen molar-refractivity contribution in [2.24, 2.45) is 11.8 Å². The third-order valence-electron chi connectivity index (χ3n) is 3.78. The maximum Gasteiger partial charge on any atom is 0.307 e. The lowest BCUT2D eigenvalue weighted by molar-refractivity contribution is -0.146. The van der Waals surface area contributed by atoms with Gasteiger partial charge in [-0.25, -0.2) is 0 Å². The van der Waals surface area contributed by atoms with Crippen LogP contribution in [0.2, 0.25) is 0 Å². The molecule has 0 aromatic heterocycles. The molecule has 100 valence electrons. The van der Waals surface area contributed by atoms with Gasteiger partial charge >= 0.3 is 5.97 Å². The first-order valence-electron chi connectivity index (χ1n) is 6.38. The number of nitrogens with one attached hydrogen (secondary N) is 2. The Morgan fingerprint density at radius 2 is 2.00 bits per heavy atom. The molecular weight excluding hydrogens is 236 g/mol. The predicted octanol–water partition coefficient (Wildman–Crippen LogP) is -0.118. The zero-order valence-corrected chi connectivity index (χ0v) is 10.1. The van der Waals surface area contributed by atoms with Gasteiger partial charge in [0.2, 0.25) is 11.8 Å². The Morgan fingerprint density at radius 3 is 2.61 bits per heavy atom. The van der Waals surface area contributed by atoms with Crippen molar-refractivity contribution >= 4 is 17.8 Å². The molecule has 3 atom stereocenters. The van der Waals surface area contributed by atoms with E-state index in [9.17, 15) is 14.4 Å². The smallest absolute Gasteiger partial charge is 0.307 e. The number of hydrogen-bond donors (Lipinski definition) is 3. The summed E-state index contributed by atoms with van der Waals surface area (Å²) < 4.78 is 0. The minimum absolute atomic E-state index is 0.00821. The number of carboxylic acids is 1. The summed E-state index contributed by atoms with van der Waals surface area (Å²) in [5, 5.41) is 14.5. The Labute approximate surface area is 105 Å². The summed E-state index contributed by atoms with van der Waals surface area (Å²) in [5.74, 6) is -2.04. The number of carbonyl (C=O) groups excluding carboxylic acids is 2. The van der Waals surface area contributed by atoms with E-state index in [4.69, 9.17) is 5.11 Å². The van der Waals surface area contributed by atoms with Crippen molar-refractivity contribution in [3.8, 4) is 0 Å². The molecule has 1 aliphatic carbocycles. The summed E-state index contributed by atoms with van der Waals surface area (Å²) in [6, 6.07) is -0.00821. The third-order valence-corrected chi connectivity index (χ3v) is 3.78. The highest BCUT2D eigenvalue weighted by atomic mass is 16.4. The van der Waals surface area contributed by atoms with Crippen LogP contribution in [0.1, 0.15) is 32.1 Å². The lowest BCUT2D eigenvalue weighted by Crippen LogP contribution is -2.42. The van der Waals surface area contributed by atoms with Crippen LogP contribution in [0, 0.1) is 11.8 Å². The first kappa shape index (κ1) is 12.9. The number of aliphatic carboxylic acids is 1. The normalized spacial score (nSPS) is 31.1. The average molecular weight is 254 g/mol. The third kappa shape index (κ3) is 2.80. The SMILES string of the molecule is O=C1CCC(CNC(=O)C2CCCC2C(=O)O)N1. The molecule has 2 rings (SSSR count). The molecule has 2 aliphatic rings. The van der Waals surface area contributed by atoms with Crippen LogP contribution < -0.4 is 10.6 Å². The highest BCUT2D eigenvalue weighted by molar-refractivity contribution is 5.85. The van der Waals surface area contributed by atoms with E-state index in [1.54, 1.807) is 0 Å². The predicted molar refractivity (Wildman–Crippen MR) is 62.6 cm³/mol. The molecule has 0 aromatic rings. The summed E-state index contributed by atoms with van der Waals surface area (Å²) in [7, 11) is 0. The molecule has 2 amide bonds. The quantitative estimate of drug-likeness (QED) is 0.652. The van der Waals surface area contributed by atoms with Gasteiger partial charge in [0.05, 0.1) is 11.8 Å². The lowest BCUT2D eigenvalue weighted by Gasteiger charge is -2.17. The van der Waals surface area contributed by atoms with Crippen molar-refractivity contribution in [2.45, 2.75) is 38.1 Å². The van der Waals surface area contributed by atoms with Gasteiger partial charge in [-0.1, -0.05) is 6.42 Å². The van der Waals surface area contributed by atoms with Crippen molar-refractivity contribution in [3.63, 3.8) is 0 Å². The molecule has 6 heteroatoms. The summed E-state index contributed by atoms with van der Waals surface area (Å²) in [5.41, 5.74) is 0. The standard InChI is InChI=1S/C12H18N2O4/c15-10-5-4-7(14-10)6-13-11(16)8-2-1-3-9(8)12(17)18/h7-9H,1-6H2,(H,13,16)(H,14,15)(H,17,18). The number of carbonyl (C=O) groups is 3. The van der Waals surface area contributed by atoms with Crippen LogP contribution in [0.3, 0.4) is 0 Å². The van der Waals surface area contributed by atoms with Crippen molar-refractivity contribution in [1.82, 2.24) is 10.6 Å². The second-order valence-electron chi connectivity index (χ2n) is 5.03. The van der Waals surface area contributed by atoms with E-state index in [0.717, 1.165) is 12.8 Å². The number of carboxylic acid groups (broad SMARTS) is 1. The van der Waals surface area contributed by atoms with Crippen molar-refractivity contribution in [2.75, 3.05) is 6.54 Å². The summed E-state index contributed by atoms with van der Waals surface area (Å²) in [4.78, 5) is 33.9. The van der Waals surface area contributed by atoms with Crippen LogP contribution >= 0.6 is 0 Å². The second kappa shape index (κ2) is 5.37. The van der Waals surface area contributed by atoms with Gasteiger partial charge in [0, 0.05) is 19.0 Å². The van der Waals surface area contributed by atoms with E-state index in [2.05, 4.69) is 10.6 Å². The molecule has 0 aromatic carbocycles. The Kier molecular flexibility index (Phi) is 3.84. The van der Waals surface area contributed by atoms with Crippen molar-refractivity contribution in [1.29, 1.82) is 0 Å². The first-order valence-corrected chi connectivity index (χ1v) is 6.38. The van der Waals surface area contributed by atoms with Crippen LogP contribution in [0.5, 0.6) is 0 Å². The zero-order valence-electron chi connectivity index (χ0n) is 10.1. The molecule has 18 heavy (non-hydrogen) atoms. The average Bonchev–Trinajstić information content (AvgIpc) is 2.94. The van der Waals surface area contributed by atoms with Gasteiger partial charge < -0.3 is 15.7 Å². The van der Waals surface area contributed by atoms with Gasteiger partial charge in [-0.15, -0.1) is 0 Å². The fourth-order valence-electron chi connectivity index (χ4n) is 2.75. The molecule has 1 aliphatic heterocycles. The molecule has 2 fully saturated rings. The number of hydrogen-bond acceptors (Lipinski definition) is 3. The van der Waals surface area contributed by atoms with E-state index in [-0.39, 0.29) is 17.9 Å². The van der Waals surface area contributed by atoms with Crippen molar-refractivity contribution in [3.05, 3.63) is 0 Å². The summed E-state index contributed by atoms with van der Waals surface area (Å²) in [6.45, 7) is 0.396.